The second-order valence-corrected chi connectivity index (χ2v) is 4.89. The lowest BCUT2D eigenvalue weighted by atomic mass is 10.1. The van der Waals surface area contributed by atoms with Crippen molar-refractivity contribution >= 4 is 17.5 Å². The summed E-state index contributed by atoms with van der Waals surface area (Å²) >= 11 is 0. The number of hydrogen-bond acceptors (Lipinski definition) is 4. The van der Waals surface area contributed by atoms with E-state index in [1.54, 1.807) is 38.1 Å². The number of nitrogen functional groups attached to an aromatic ring is 1. The summed E-state index contributed by atoms with van der Waals surface area (Å²) in [5, 5.41) is 14.1. The minimum atomic E-state index is -0.705. The quantitative estimate of drug-likeness (QED) is 0.557. The zero-order chi connectivity index (χ0) is 14.5. The van der Waals surface area contributed by atoms with Gasteiger partial charge in [-0.15, -0.1) is 0 Å². The molecule has 6 nitrogen and oxygen atoms in total. The van der Waals surface area contributed by atoms with Gasteiger partial charge < -0.3 is 21.5 Å². The van der Waals surface area contributed by atoms with E-state index in [2.05, 4.69) is 10.6 Å². The van der Waals surface area contributed by atoms with Crippen LogP contribution >= 0.6 is 0 Å². The maximum absolute atomic E-state index is 11.7. The molecule has 0 unspecified atom stereocenters. The molecule has 6 heteroatoms. The Labute approximate surface area is 112 Å². The number of hydrogen-bond donors (Lipinski definition) is 4. The van der Waals surface area contributed by atoms with Crippen LogP contribution in [0, 0.1) is 0 Å². The second kappa shape index (κ2) is 6.19. The number of rotatable bonds is 5. The highest BCUT2D eigenvalue weighted by Gasteiger charge is 2.19. The van der Waals surface area contributed by atoms with Crippen LogP contribution in [0.15, 0.2) is 24.3 Å². The van der Waals surface area contributed by atoms with Crippen molar-refractivity contribution in [3.63, 3.8) is 0 Å². The minimum Gasteiger partial charge on any atom is -0.399 e. The van der Waals surface area contributed by atoms with E-state index >= 15 is 0 Å². The number of anilines is 1. The van der Waals surface area contributed by atoms with Crippen LogP contribution in [0.3, 0.4) is 0 Å². The van der Waals surface area contributed by atoms with Gasteiger partial charge in [-0.3, -0.25) is 9.59 Å². The fraction of sp³-hybridized carbons (Fsp3) is 0.385. The van der Waals surface area contributed by atoms with Gasteiger partial charge in [0.25, 0.3) is 5.91 Å². The van der Waals surface area contributed by atoms with Crippen molar-refractivity contribution in [1.29, 1.82) is 0 Å². The molecule has 0 heterocycles. The highest BCUT2D eigenvalue weighted by molar-refractivity contribution is 5.96. The van der Waals surface area contributed by atoms with E-state index in [1.165, 1.54) is 0 Å². The Bertz CT molecular complexity index is 455. The molecule has 0 aliphatic carbocycles. The molecular weight excluding hydrogens is 246 g/mol. The summed E-state index contributed by atoms with van der Waals surface area (Å²) in [6, 6.07) is 6.40. The van der Waals surface area contributed by atoms with Crippen molar-refractivity contribution < 1.29 is 14.7 Å². The van der Waals surface area contributed by atoms with Gasteiger partial charge in [0.15, 0.2) is 0 Å². The van der Waals surface area contributed by atoms with Gasteiger partial charge in [-0.1, -0.05) is 0 Å². The van der Waals surface area contributed by atoms with Crippen LogP contribution in [0.2, 0.25) is 0 Å². The highest BCUT2D eigenvalue weighted by atomic mass is 16.3. The number of benzene rings is 1. The van der Waals surface area contributed by atoms with Crippen LogP contribution in [-0.2, 0) is 4.79 Å². The summed E-state index contributed by atoms with van der Waals surface area (Å²) < 4.78 is 0. The average Bonchev–Trinajstić information content (AvgIpc) is 2.36. The standard InChI is InChI=1S/C13H19N3O3/c1-13(2,8-17)16-11(18)7-15-12(19)9-3-5-10(14)6-4-9/h3-6,17H,7-8,14H2,1-2H3,(H,15,19)(H,16,18). The third kappa shape index (κ3) is 4.97. The van der Waals surface area contributed by atoms with Crippen molar-refractivity contribution in [1.82, 2.24) is 10.6 Å². The van der Waals surface area contributed by atoms with Crippen LogP contribution in [0.1, 0.15) is 24.2 Å². The molecule has 0 aromatic heterocycles. The molecule has 1 rings (SSSR count). The third-order valence-electron chi connectivity index (χ3n) is 2.46. The van der Waals surface area contributed by atoms with Crippen LogP contribution in [-0.4, -0.2) is 35.6 Å². The summed E-state index contributed by atoms with van der Waals surface area (Å²) in [4.78, 5) is 23.3. The molecule has 0 spiro atoms. The van der Waals surface area contributed by atoms with Crippen molar-refractivity contribution in [3.05, 3.63) is 29.8 Å². The Kier molecular flexibility index (Phi) is 4.88. The zero-order valence-corrected chi connectivity index (χ0v) is 11.1. The summed E-state index contributed by atoms with van der Waals surface area (Å²) in [6.45, 7) is 3.05. The van der Waals surface area contributed by atoms with Gasteiger partial charge in [-0.2, -0.15) is 0 Å². The predicted octanol–water partition coefficient (Wildman–Crippen LogP) is -0.114. The lowest BCUT2D eigenvalue weighted by molar-refractivity contribution is -0.122. The molecule has 0 aliphatic rings. The first kappa shape index (κ1) is 15.0. The first-order valence-corrected chi connectivity index (χ1v) is 5.90. The van der Waals surface area contributed by atoms with Crippen LogP contribution in [0.25, 0.3) is 0 Å². The Hall–Kier alpha value is -2.08. The topological polar surface area (TPSA) is 104 Å². The molecule has 0 fully saturated rings. The molecule has 0 atom stereocenters. The minimum absolute atomic E-state index is 0.146. The summed E-state index contributed by atoms with van der Waals surface area (Å²) in [5.74, 6) is -0.709. The summed E-state index contributed by atoms with van der Waals surface area (Å²) in [7, 11) is 0. The number of nitrogens with two attached hydrogens (primary N) is 1. The second-order valence-electron chi connectivity index (χ2n) is 4.89. The lowest BCUT2D eigenvalue weighted by Crippen LogP contribution is -2.49. The van der Waals surface area contributed by atoms with E-state index in [-0.39, 0.29) is 25.0 Å². The number of amides is 2. The Morgan fingerprint density at radius 3 is 2.37 bits per heavy atom. The maximum Gasteiger partial charge on any atom is 0.251 e. The first-order valence-electron chi connectivity index (χ1n) is 5.90. The number of aliphatic hydroxyl groups excluding tert-OH is 1. The summed E-state index contributed by atoms with van der Waals surface area (Å²) in [6.07, 6.45) is 0. The van der Waals surface area contributed by atoms with Gasteiger partial charge in [0.05, 0.1) is 18.7 Å². The first-order chi connectivity index (χ1) is 8.84. The van der Waals surface area contributed by atoms with Gasteiger partial charge in [0, 0.05) is 11.3 Å². The van der Waals surface area contributed by atoms with Crippen molar-refractivity contribution in [2.24, 2.45) is 0 Å². The normalized spacial score (nSPS) is 10.9. The van der Waals surface area contributed by atoms with Gasteiger partial charge in [-0.05, 0) is 38.1 Å². The number of aliphatic hydroxyl groups is 1. The molecule has 2 amide bonds. The lowest BCUT2D eigenvalue weighted by Gasteiger charge is -2.23. The molecule has 0 aliphatic heterocycles. The van der Waals surface area contributed by atoms with Gasteiger partial charge in [-0.25, -0.2) is 0 Å². The number of carbonyl (C=O) groups excluding carboxylic acids is 2. The SMILES string of the molecule is CC(C)(CO)NC(=O)CNC(=O)c1ccc(N)cc1. The average molecular weight is 265 g/mol. The summed E-state index contributed by atoms with van der Waals surface area (Å²) in [5.41, 5.74) is 5.81. The maximum atomic E-state index is 11.7. The van der Waals surface area contributed by atoms with E-state index in [9.17, 15) is 9.59 Å². The van der Waals surface area contributed by atoms with E-state index in [0.717, 1.165) is 0 Å². The predicted molar refractivity (Wildman–Crippen MR) is 72.5 cm³/mol. The van der Waals surface area contributed by atoms with E-state index in [0.29, 0.717) is 11.3 Å². The molecule has 19 heavy (non-hydrogen) atoms. The molecule has 1 aromatic rings. The molecule has 1 aromatic carbocycles. The van der Waals surface area contributed by atoms with Crippen molar-refractivity contribution in [2.45, 2.75) is 19.4 Å². The van der Waals surface area contributed by atoms with Gasteiger partial charge in [0.1, 0.15) is 0 Å². The van der Waals surface area contributed by atoms with Crippen molar-refractivity contribution in [3.8, 4) is 0 Å². The Morgan fingerprint density at radius 1 is 1.26 bits per heavy atom. The molecule has 0 saturated heterocycles. The smallest absolute Gasteiger partial charge is 0.251 e. The third-order valence-corrected chi connectivity index (χ3v) is 2.46. The fourth-order valence-electron chi connectivity index (χ4n) is 1.36. The van der Waals surface area contributed by atoms with E-state index in [1.807, 2.05) is 0 Å². The number of carbonyl (C=O) groups is 2. The molecular formula is C13H19N3O3. The van der Waals surface area contributed by atoms with Gasteiger partial charge in [0.2, 0.25) is 5.91 Å². The fourth-order valence-corrected chi connectivity index (χ4v) is 1.36. The van der Waals surface area contributed by atoms with E-state index in [4.69, 9.17) is 10.8 Å². The molecule has 0 saturated carbocycles. The van der Waals surface area contributed by atoms with Crippen LogP contribution < -0.4 is 16.4 Å². The Morgan fingerprint density at radius 2 is 1.84 bits per heavy atom. The monoisotopic (exact) mass is 265 g/mol. The molecule has 5 N–H and O–H groups in total. The molecule has 0 radical (unpaired) electrons. The van der Waals surface area contributed by atoms with E-state index < -0.39 is 5.54 Å². The molecule has 104 valence electrons. The van der Waals surface area contributed by atoms with Crippen molar-refractivity contribution in [2.75, 3.05) is 18.9 Å². The number of nitrogens with one attached hydrogen (secondary N) is 2. The van der Waals surface area contributed by atoms with Crippen LogP contribution in [0.4, 0.5) is 5.69 Å². The largest absolute Gasteiger partial charge is 0.399 e. The Balaban J connectivity index is 2.46. The molecule has 0 bridgehead atoms. The highest BCUT2D eigenvalue weighted by Crippen LogP contribution is 2.05. The van der Waals surface area contributed by atoms with Crippen LogP contribution in [0.5, 0.6) is 0 Å². The zero-order valence-electron chi connectivity index (χ0n) is 11.1. The van der Waals surface area contributed by atoms with Gasteiger partial charge >= 0.3 is 0 Å².